The minimum atomic E-state index is -6.05. The summed E-state index contributed by atoms with van der Waals surface area (Å²) in [6.45, 7) is 0.975. The number of halogens is 3. The van der Waals surface area contributed by atoms with Gasteiger partial charge in [-0.2, -0.15) is 21.6 Å². The normalized spacial score (nSPS) is 36.2. The van der Waals surface area contributed by atoms with Gasteiger partial charge in [0.05, 0.1) is 25.4 Å². The molecule has 13 heteroatoms. The van der Waals surface area contributed by atoms with Crippen LogP contribution in [0.4, 0.5) is 13.2 Å². The van der Waals surface area contributed by atoms with Gasteiger partial charge in [-0.05, 0) is 25.2 Å². The van der Waals surface area contributed by atoms with Crippen LogP contribution in [0.5, 0.6) is 0 Å². The topological polar surface area (TPSA) is 111 Å². The van der Waals surface area contributed by atoms with Gasteiger partial charge in [0.15, 0.2) is 0 Å². The van der Waals surface area contributed by atoms with Crippen molar-refractivity contribution in [1.82, 2.24) is 4.13 Å². The molecule has 24 heavy (non-hydrogen) atoms. The molecular weight excluding hydrogens is 379 g/mol. The van der Waals surface area contributed by atoms with Gasteiger partial charge in [0.25, 0.3) is 0 Å². The van der Waals surface area contributed by atoms with Crippen LogP contribution < -0.4 is 4.13 Å². The highest BCUT2D eigenvalue weighted by Crippen LogP contribution is 2.48. The highest BCUT2D eigenvalue weighted by molar-refractivity contribution is 8.03. The van der Waals surface area contributed by atoms with Crippen LogP contribution in [0.1, 0.15) is 19.3 Å². The molecule has 2 saturated carbocycles. The minimum absolute atomic E-state index is 0.0332. The van der Waals surface area contributed by atoms with Gasteiger partial charge in [0.2, 0.25) is 0 Å². The van der Waals surface area contributed by atoms with Crippen LogP contribution in [0.25, 0.3) is 0 Å². The number of rotatable bonds is 7. The van der Waals surface area contributed by atoms with E-state index in [1.807, 2.05) is 0 Å². The quantitative estimate of drug-likeness (QED) is 0.616. The zero-order valence-electron chi connectivity index (χ0n) is 12.2. The maximum absolute atomic E-state index is 12.3. The number of sulfonamides is 1. The first kappa shape index (κ1) is 18.3. The van der Waals surface area contributed by atoms with Crippen LogP contribution >= 0.6 is 0 Å². The Balaban J connectivity index is 1.60. The number of ether oxygens (including phenoxy) is 2. The van der Waals surface area contributed by atoms with Gasteiger partial charge in [-0.3, -0.25) is 4.18 Å². The molecule has 5 unspecified atom stereocenters. The smallest absolute Gasteiger partial charge is 0.375 e. The van der Waals surface area contributed by atoms with Crippen LogP contribution in [0.3, 0.4) is 0 Å². The SMILES string of the molecule is O=S(=O)(NS(=O)(=O)C(F)(F)F)OC1CC2CC(OCC3CO3)C1C2. The summed E-state index contributed by atoms with van der Waals surface area (Å²) in [4.78, 5) is 0. The Bertz CT molecular complexity index is 689. The van der Waals surface area contributed by atoms with Crippen molar-refractivity contribution in [3.8, 4) is 0 Å². The number of fused-ring (bicyclic) bond motifs is 2. The van der Waals surface area contributed by atoms with E-state index in [-0.39, 0.29) is 24.0 Å². The second-order valence-corrected chi connectivity index (χ2v) is 9.42. The maximum Gasteiger partial charge on any atom is 0.512 e. The van der Waals surface area contributed by atoms with E-state index in [1.54, 1.807) is 0 Å². The lowest BCUT2D eigenvalue weighted by molar-refractivity contribution is -0.0445. The van der Waals surface area contributed by atoms with E-state index in [9.17, 15) is 30.0 Å². The van der Waals surface area contributed by atoms with E-state index >= 15 is 0 Å². The standard InChI is InChI=1S/C11H16F3NO7S2/c12-11(13,14)23(16,17)15-24(18,19)22-10-3-6-1-8(10)9(2-6)21-5-7-4-20-7/h6-10,15H,1-5H2. The fourth-order valence-electron chi connectivity index (χ4n) is 3.28. The molecule has 1 aliphatic heterocycles. The number of epoxide rings is 1. The third-order valence-electron chi connectivity index (χ3n) is 4.36. The Morgan fingerprint density at radius 2 is 1.71 bits per heavy atom. The van der Waals surface area contributed by atoms with Crippen LogP contribution in [0.2, 0.25) is 0 Å². The summed E-state index contributed by atoms with van der Waals surface area (Å²) in [5.41, 5.74) is -5.74. The van der Waals surface area contributed by atoms with Crippen molar-refractivity contribution < 1.29 is 43.7 Å². The van der Waals surface area contributed by atoms with Gasteiger partial charge in [0.1, 0.15) is 6.10 Å². The molecule has 3 fully saturated rings. The van der Waals surface area contributed by atoms with Gasteiger partial charge in [-0.15, -0.1) is 0 Å². The Kier molecular flexibility index (Phi) is 4.62. The van der Waals surface area contributed by atoms with Crippen molar-refractivity contribution >= 4 is 20.3 Å². The zero-order chi connectivity index (χ0) is 17.8. The summed E-state index contributed by atoms with van der Waals surface area (Å²) in [6.07, 6.45) is 0.527. The molecular formula is C11H16F3NO7S2. The van der Waals surface area contributed by atoms with Crippen molar-refractivity contribution in [3.05, 3.63) is 0 Å². The lowest BCUT2D eigenvalue weighted by atomic mass is 9.95. The molecule has 3 aliphatic rings. The first-order chi connectivity index (χ1) is 11.0. The Morgan fingerprint density at radius 1 is 1.08 bits per heavy atom. The molecule has 2 bridgehead atoms. The lowest BCUT2D eigenvalue weighted by Gasteiger charge is -2.28. The first-order valence-electron chi connectivity index (χ1n) is 7.23. The van der Waals surface area contributed by atoms with E-state index in [0.717, 1.165) is 0 Å². The Labute approximate surface area is 136 Å². The Morgan fingerprint density at radius 3 is 2.25 bits per heavy atom. The van der Waals surface area contributed by atoms with Crippen molar-refractivity contribution in [2.45, 2.75) is 43.1 Å². The molecule has 0 amide bonds. The molecule has 0 aromatic heterocycles. The number of alkyl halides is 3. The molecule has 3 rings (SSSR count). The maximum atomic E-state index is 12.3. The molecule has 1 saturated heterocycles. The second kappa shape index (κ2) is 6.06. The molecule has 0 aromatic carbocycles. The molecule has 2 aliphatic carbocycles. The minimum Gasteiger partial charge on any atom is -0.375 e. The molecule has 8 nitrogen and oxygen atoms in total. The predicted molar refractivity (Wildman–Crippen MR) is 72.2 cm³/mol. The van der Waals surface area contributed by atoms with E-state index in [4.69, 9.17) is 9.47 Å². The molecule has 140 valence electrons. The van der Waals surface area contributed by atoms with Crippen LogP contribution in [0, 0.1) is 11.8 Å². The molecule has 0 aromatic rings. The average Bonchev–Trinajstić information content (AvgIpc) is 3.04. The fourth-order valence-corrected chi connectivity index (χ4v) is 5.44. The average molecular weight is 395 g/mol. The highest BCUT2D eigenvalue weighted by atomic mass is 32.3. The van der Waals surface area contributed by atoms with Gasteiger partial charge < -0.3 is 9.47 Å². The summed E-state index contributed by atoms with van der Waals surface area (Å²) in [5, 5.41) is 0. The monoisotopic (exact) mass is 395 g/mol. The third-order valence-corrected chi connectivity index (χ3v) is 7.16. The van der Waals surface area contributed by atoms with Crippen molar-refractivity contribution in [2.24, 2.45) is 11.8 Å². The third kappa shape index (κ3) is 4.02. The van der Waals surface area contributed by atoms with Crippen molar-refractivity contribution in [2.75, 3.05) is 13.2 Å². The van der Waals surface area contributed by atoms with Crippen molar-refractivity contribution in [1.29, 1.82) is 0 Å². The summed E-state index contributed by atoms with van der Waals surface area (Å²) in [5.74, 6) is -0.168. The Hall–Kier alpha value is -0.470. The summed E-state index contributed by atoms with van der Waals surface area (Å²) in [7, 11) is -11.2. The highest BCUT2D eigenvalue weighted by Gasteiger charge is 2.52. The van der Waals surface area contributed by atoms with Crippen molar-refractivity contribution in [3.63, 3.8) is 0 Å². The van der Waals surface area contributed by atoms with Crippen LogP contribution in [-0.4, -0.2) is 53.9 Å². The number of hydrogen-bond acceptors (Lipinski definition) is 7. The summed E-state index contributed by atoms with van der Waals surface area (Å²) >= 11 is 0. The molecule has 0 radical (unpaired) electrons. The summed E-state index contributed by atoms with van der Waals surface area (Å²) < 4.78 is 97.8. The molecule has 1 heterocycles. The van der Waals surface area contributed by atoms with Gasteiger partial charge in [-0.25, -0.2) is 8.42 Å². The van der Waals surface area contributed by atoms with E-state index in [0.29, 0.717) is 36.6 Å². The first-order valence-corrected chi connectivity index (χ1v) is 10.1. The van der Waals surface area contributed by atoms with Crippen LogP contribution in [0.15, 0.2) is 0 Å². The second-order valence-electron chi connectivity index (χ2n) is 6.19. The summed E-state index contributed by atoms with van der Waals surface area (Å²) in [6, 6.07) is 0. The predicted octanol–water partition coefficient (Wildman–Crippen LogP) is 0.270. The largest absolute Gasteiger partial charge is 0.512 e. The van der Waals surface area contributed by atoms with Gasteiger partial charge >= 0.3 is 25.8 Å². The molecule has 5 atom stereocenters. The van der Waals surface area contributed by atoms with E-state index in [1.165, 1.54) is 0 Å². The zero-order valence-corrected chi connectivity index (χ0v) is 13.9. The molecule has 1 N–H and O–H groups in total. The van der Waals surface area contributed by atoms with Crippen LogP contribution in [-0.2, 0) is 34.0 Å². The number of nitrogens with one attached hydrogen (secondary N) is 1. The van der Waals surface area contributed by atoms with Gasteiger partial charge in [0, 0.05) is 5.92 Å². The van der Waals surface area contributed by atoms with E-state index in [2.05, 4.69) is 4.18 Å². The van der Waals surface area contributed by atoms with E-state index < -0.39 is 31.9 Å². The molecule has 0 spiro atoms. The fraction of sp³-hybridized carbons (Fsp3) is 1.00. The van der Waals surface area contributed by atoms with Gasteiger partial charge in [-0.1, -0.05) is 4.13 Å². The lowest BCUT2D eigenvalue weighted by Crippen LogP contribution is -2.44. The number of hydrogen-bond donors (Lipinski definition) is 1.